The minimum Gasteiger partial charge on any atom is -0.311 e. The van der Waals surface area contributed by atoms with Crippen LogP contribution in [0.4, 0.5) is 62.6 Å². The highest BCUT2D eigenvalue weighted by molar-refractivity contribution is 6.05. The molecule has 24 rings (SSSR count). The van der Waals surface area contributed by atoms with Crippen molar-refractivity contribution in [3.05, 3.63) is 473 Å². The summed E-state index contributed by atoms with van der Waals surface area (Å²) in [5, 5.41) is 0. The van der Waals surface area contributed by atoms with Crippen LogP contribution in [-0.4, -0.2) is 0 Å². The van der Waals surface area contributed by atoms with E-state index in [0.29, 0.717) is 5.92 Å². The predicted molar refractivity (Wildman–Crippen MR) is 528 cm³/mol. The smallest absolute Gasteiger partial charge is 0.0725 e. The molecule has 126 heavy (non-hydrogen) atoms. The molecular weight excluding hydrogens is 1520 g/mol. The van der Waals surface area contributed by atoms with E-state index in [2.05, 4.69) is 482 Å². The summed E-state index contributed by atoms with van der Waals surface area (Å²) in [6.45, 7) is 21.5. The molecule has 2 atom stereocenters. The van der Waals surface area contributed by atoms with Crippen LogP contribution in [0.15, 0.2) is 406 Å². The van der Waals surface area contributed by atoms with Gasteiger partial charge in [0.25, 0.3) is 0 Å². The molecule has 1 spiro atoms. The first-order chi connectivity index (χ1) is 61.4. The molecule has 0 bridgehead atoms. The van der Waals surface area contributed by atoms with Gasteiger partial charge >= 0.3 is 0 Å². The summed E-state index contributed by atoms with van der Waals surface area (Å²) < 4.78 is 0. The van der Waals surface area contributed by atoms with Crippen molar-refractivity contribution in [3.8, 4) is 89.0 Å². The molecule has 0 aliphatic heterocycles. The Kier molecular flexibility index (Phi) is 16.7. The highest BCUT2D eigenvalue weighted by atomic mass is 15.2. The highest BCUT2D eigenvalue weighted by Crippen LogP contribution is 2.67. The van der Waals surface area contributed by atoms with Crippen molar-refractivity contribution in [2.45, 2.75) is 95.8 Å². The number of para-hydroxylation sites is 3. The van der Waals surface area contributed by atoms with Crippen LogP contribution in [-0.2, 0) is 27.1 Å². The monoisotopic (exact) mass is 1620 g/mol. The van der Waals surface area contributed by atoms with Gasteiger partial charge in [-0.3, -0.25) is 0 Å². The van der Waals surface area contributed by atoms with Gasteiger partial charge in [0, 0.05) is 89.9 Å². The summed E-state index contributed by atoms with van der Waals surface area (Å²) in [6, 6.07) is 147. The molecule has 0 saturated heterocycles. The van der Waals surface area contributed by atoms with Crippen LogP contribution in [0.5, 0.6) is 0 Å². The zero-order valence-corrected chi connectivity index (χ0v) is 72.7. The molecule has 0 amide bonds. The summed E-state index contributed by atoms with van der Waals surface area (Å²) in [6.07, 6.45) is 8.18. The summed E-state index contributed by atoms with van der Waals surface area (Å²) >= 11 is 0. The van der Waals surface area contributed by atoms with Crippen LogP contribution < -0.4 is 19.6 Å². The second-order valence-electron chi connectivity index (χ2n) is 37.9. The Morgan fingerprint density at radius 2 is 0.492 bits per heavy atom. The summed E-state index contributed by atoms with van der Waals surface area (Å²) in [7, 11) is 0. The van der Waals surface area contributed by atoms with E-state index in [1.54, 1.807) is 0 Å². The molecule has 7 aliphatic carbocycles. The third kappa shape index (κ3) is 11.0. The maximum absolute atomic E-state index is 2.57. The van der Waals surface area contributed by atoms with Crippen molar-refractivity contribution < 1.29 is 0 Å². The molecule has 17 aromatic rings. The van der Waals surface area contributed by atoms with Gasteiger partial charge in [-0.05, 0) is 296 Å². The molecule has 0 aromatic heterocycles. The van der Waals surface area contributed by atoms with Gasteiger partial charge in [-0.1, -0.05) is 335 Å². The number of rotatable bonds is 14. The molecule has 604 valence electrons. The number of allylic oxidation sites excluding steroid dienone is 3. The van der Waals surface area contributed by atoms with Crippen molar-refractivity contribution in [2.75, 3.05) is 19.6 Å². The first kappa shape index (κ1) is 75.2. The average Bonchev–Trinajstić information content (AvgIpc) is 1.50. The molecule has 0 fully saturated rings. The van der Waals surface area contributed by atoms with Gasteiger partial charge in [0.15, 0.2) is 0 Å². The van der Waals surface area contributed by atoms with Gasteiger partial charge in [0.05, 0.1) is 5.41 Å². The van der Waals surface area contributed by atoms with Crippen molar-refractivity contribution in [1.29, 1.82) is 0 Å². The van der Waals surface area contributed by atoms with E-state index in [9.17, 15) is 0 Å². The van der Waals surface area contributed by atoms with Crippen molar-refractivity contribution in [3.63, 3.8) is 0 Å². The third-order valence-corrected chi connectivity index (χ3v) is 29.5. The number of benzene rings is 17. The lowest BCUT2D eigenvalue weighted by Gasteiger charge is -2.33. The normalized spacial score (nSPS) is 16.6. The van der Waals surface area contributed by atoms with Crippen molar-refractivity contribution in [2.24, 2.45) is 5.92 Å². The molecule has 17 aromatic carbocycles. The SMILES string of the molecule is CC1C=CC(N(c2cc(-c3cccc4c3-c3ccccc3C43c4ccccc4-c4c(-c5cc(N(c6ccccc6)c6ccc7c(c6)C(C)(C)c6ccccc6-7)cc(N(c6ccccc6)c6ccc7c(c6)C(C)(C)c6ccccc6-7)c5)cccc43)cc(N(c3ccccc3)c3ccc4c(c3)-c3ccccc3C4(C)C)c2)c2ccc3c(c2)C(C)(C)c2ccccc2-3)=CC1. The number of hydrogen-bond donors (Lipinski definition) is 0. The van der Waals surface area contributed by atoms with Gasteiger partial charge < -0.3 is 19.6 Å². The average molecular weight is 1620 g/mol. The highest BCUT2D eigenvalue weighted by Gasteiger charge is 2.53. The van der Waals surface area contributed by atoms with E-state index >= 15 is 0 Å². The van der Waals surface area contributed by atoms with Gasteiger partial charge in [0.2, 0.25) is 0 Å². The number of nitrogens with zero attached hydrogens (tertiary/aromatic N) is 4. The van der Waals surface area contributed by atoms with Crippen LogP contribution in [0.3, 0.4) is 0 Å². The zero-order valence-electron chi connectivity index (χ0n) is 72.7. The molecule has 0 heterocycles. The fourth-order valence-electron chi connectivity index (χ4n) is 23.5. The molecule has 0 saturated carbocycles. The molecule has 0 radical (unpaired) electrons. The van der Waals surface area contributed by atoms with Crippen LogP contribution in [0.1, 0.15) is 135 Å². The van der Waals surface area contributed by atoms with E-state index in [1.165, 1.54) is 139 Å². The van der Waals surface area contributed by atoms with Crippen LogP contribution >= 0.6 is 0 Å². The Morgan fingerprint density at radius 1 is 0.206 bits per heavy atom. The molecule has 7 aliphatic rings. The molecule has 2 unspecified atom stereocenters. The minimum absolute atomic E-state index is 0.168. The van der Waals surface area contributed by atoms with Crippen LogP contribution in [0.25, 0.3) is 89.0 Å². The molecule has 4 nitrogen and oxygen atoms in total. The van der Waals surface area contributed by atoms with Gasteiger partial charge in [-0.25, -0.2) is 0 Å². The maximum Gasteiger partial charge on any atom is 0.0725 e. The van der Waals surface area contributed by atoms with Gasteiger partial charge in [0.1, 0.15) is 0 Å². The lowest BCUT2D eigenvalue weighted by molar-refractivity contribution is 0.660. The topological polar surface area (TPSA) is 13.0 Å². The van der Waals surface area contributed by atoms with Crippen LogP contribution in [0, 0.1) is 5.92 Å². The van der Waals surface area contributed by atoms with E-state index in [0.717, 1.165) is 91.4 Å². The fraction of sp³-hybridized carbons (Fsp3) is 0.131. The number of fused-ring (bicyclic) bond motifs is 22. The summed E-state index contributed by atoms with van der Waals surface area (Å²) in [5.41, 5.74) is 47.1. The molecule has 0 N–H and O–H groups in total. The first-order valence-corrected chi connectivity index (χ1v) is 44.9. The number of anilines is 11. The standard InChI is InChI=1S/C122H96N4/c1-77-55-57-83(58-56-77)126(87-61-65-100-96-41-21-27-49-106(96)121(8,9)115(100)76-87)91-70-78(67-88(71-91)123(80-33-13-10-14-34-80)84-62-66-108-103(73-84)97-42-22-28-50-107(97)118(108,2)3)92-45-31-53-111-116(92)101-43-23-29-51-109(101)122(111)110-52-30-24-44-102(110)117-93(46-32-54-112(117)122)79-68-89(124(81-35-15-11-16-36-81)85-59-63-98-94-39-19-25-47-104(94)119(4,5)113(98)74-85)72-90(69-79)125(82-37-17-12-18-38-82)86-60-64-99-95-40-20-26-48-105(95)120(6,7)114(99)75-86/h10-55,57-77H,56H2,1-9H3. The summed E-state index contributed by atoms with van der Waals surface area (Å²) in [4.78, 5) is 10.1. The number of hydrogen-bond acceptors (Lipinski definition) is 4. The maximum atomic E-state index is 2.57. The predicted octanol–water partition coefficient (Wildman–Crippen LogP) is 32.6. The largest absolute Gasteiger partial charge is 0.311 e. The quantitative estimate of drug-likeness (QED) is 0.108. The van der Waals surface area contributed by atoms with Crippen molar-refractivity contribution >= 4 is 62.6 Å². The second kappa shape index (κ2) is 28.0. The van der Waals surface area contributed by atoms with E-state index in [1.807, 2.05) is 0 Å². The fourth-order valence-corrected chi connectivity index (χ4v) is 23.5. The summed E-state index contributed by atoms with van der Waals surface area (Å²) in [5.74, 6) is 0.398. The third-order valence-electron chi connectivity index (χ3n) is 29.5. The zero-order chi connectivity index (χ0) is 84.9. The van der Waals surface area contributed by atoms with Crippen LogP contribution in [0.2, 0.25) is 0 Å². The molecular formula is C122H96N4. The van der Waals surface area contributed by atoms with E-state index < -0.39 is 5.41 Å². The Morgan fingerprint density at radius 3 is 0.873 bits per heavy atom. The Labute approximate surface area is 740 Å². The Hall–Kier alpha value is -14.6. The Bertz CT molecular complexity index is 7310. The molecule has 4 heteroatoms. The Balaban J connectivity index is 0.738. The van der Waals surface area contributed by atoms with Gasteiger partial charge in [-0.15, -0.1) is 0 Å². The second-order valence-corrected chi connectivity index (χ2v) is 37.9. The van der Waals surface area contributed by atoms with Gasteiger partial charge in [-0.2, -0.15) is 0 Å². The van der Waals surface area contributed by atoms with Crippen molar-refractivity contribution in [1.82, 2.24) is 0 Å². The lowest BCUT2D eigenvalue weighted by Crippen LogP contribution is -2.25. The van der Waals surface area contributed by atoms with E-state index in [4.69, 9.17) is 0 Å². The minimum atomic E-state index is -0.750. The van der Waals surface area contributed by atoms with E-state index in [-0.39, 0.29) is 21.7 Å². The first-order valence-electron chi connectivity index (χ1n) is 44.9. The lowest BCUT2D eigenvalue weighted by atomic mass is 9.70.